The molecular formula is C12H15F2NO2. The molecule has 0 amide bonds. The Morgan fingerprint density at radius 1 is 1.41 bits per heavy atom. The van der Waals surface area contributed by atoms with E-state index in [0.29, 0.717) is 4.74 Å². The summed E-state index contributed by atoms with van der Waals surface area (Å²) in [6, 6.07) is 3.06. The minimum absolute atomic E-state index is 0.0468. The average Bonchev–Trinajstić information content (AvgIpc) is 2.22. The molecule has 94 valence electrons. The second-order valence-electron chi connectivity index (χ2n) is 4.37. The fourth-order valence-corrected chi connectivity index (χ4v) is 1.32. The maximum Gasteiger partial charge on any atom is 0.190 e. The van der Waals surface area contributed by atoms with Gasteiger partial charge in [0.1, 0.15) is 18.2 Å². The van der Waals surface area contributed by atoms with Crippen LogP contribution in [0.3, 0.4) is 0 Å². The number of hydrogen-bond donors (Lipinski definition) is 0. The lowest BCUT2D eigenvalue weighted by atomic mass is 10.1. The molecule has 17 heavy (non-hydrogen) atoms. The van der Waals surface area contributed by atoms with E-state index in [4.69, 9.17) is 4.74 Å². The third-order valence-electron chi connectivity index (χ3n) is 2.31. The Morgan fingerprint density at radius 3 is 2.59 bits per heavy atom. The molecule has 0 aliphatic carbocycles. The van der Waals surface area contributed by atoms with Crippen LogP contribution in [0, 0.1) is 16.8 Å². The van der Waals surface area contributed by atoms with Gasteiger partial charge < -0.3 is 9.94 Å². The Morgan fingerprint density at radius 2 is 2.06 bits per heavy atom. The highest BCUT2D eigenvalue weighted by Gasteiger charge is 2.26. The first kappa shape index (κ1) is 13.6. The van der Waals surface area contributed by atoms with Crippen LogP contribution in [0.15, 0.2) is 18.2 Å². The van der Waals surface area contributed by atoms with E-state index in [9.17, 15) is 14.0 Å². The van der Waals surface area contributed by atoms with Gasteiger partial charge in [0.15, 0.2) is 11.8 Å². The van der Waals surface area contributed by atoms with Gasteiger partial charge in [-0.2, -0.15) is 0 Å². The van der Waals surface area contributed by atoms with E-state index in [1.54, 1.807) is 13.8 Å². The van der Waals surface area contributed by atoms with Crippen molar-refractivity contribution in [1.82, 2.24) is 0 Å². The Kier molecular flexibility index (Phi) is 4.17. The molecule has 0 atom stereocenters. The predicted octanol–water partition coefficient (Wildman–Crippen LogP) is 2.32. The topological polar surface area (TPSA) is 35.3 Å². The Balaban J connectivity index is 3.02. The number of ether oxygens (including phenoxy) is 1. The molecule has 0 N–H and O–H groups in total. The fraction of sp³-hybridized carbons (Fsp3) is 0.417. The molecule has 0 spiro atoms. The third-order valence-corrected chi connectivity index (χ3v) is 2.31. The summed E-state index contributed by atoms with van der Waals surface area (Å²) < 4.78 is 31.5. The quantitative estimate of drug-likeness (QED) is 0.352. The van der Waals surface area contributed by atoms with Crippen LogP contribution in [0.25, 0.3) is 0 Å². The summed E-state index contributed by atoms with van der Waals surface area (Å²) in [5.74, 6) is -1.44. The van der Waals surface area contributed by atoms with Crippen LogP contribution in [-0.2, 0) is 4.74 Å². The van der Waals surface area contributed by atoms with E-state index in [1.165, 1.54) is 13.2 Å². The molecule has 0 aliphatic heterocycles. The molecule has 1 rings (SSSR count). The van der Waals surface area contributed by atoms with Gasteiger partial charge in [0.05, 0.1) is 5.56 Å². The first-order valence-corrected chi connectivity index (χ1v) is 5.12. The molecule has 0 aromatic heterocycles. The molecule has 1 aromatic carbocycles. The molecule has 3 nitrogen and oxygen atoms in total. The molecule has 0 aliphatic rings. The van der Waals surface area contributed by atoms with Gasteiger partial charge >= 0.3 is 0 Å². The number of benzene rings is 1. The monoisotopic (exact) mass is 243 g/mol. The van der Waals surface area contributed by atoms with Gasteiger partial charge in [0.25, 0.3) is 0 Å². The van der Waals surface area contributed by atoms with E-state index in [-0.39, 0.29) is 12.2 Å². The smallest absolute Gasteiger partial charge is 0.190 e. The highest BCUT2D eigenvalue weighted by Crippen LogP contribution is 2.11. The molecule has 0 fully saturated rings. The summed E-state index contributed by atoms with van der Waals surface area (Å²) in [5.41, 5.74) is -0.763. The Bertz CT molecular complexity index is 431. The molecule has 1 aromatic rings. The summed E-state index contributed by atoms with van der Waals surface area (Å²) in [7, 11) is 1.48. The van der Waals surface area contributed by atoms with Crippen LogP contribution >= 0.6 is 0 Å². The summed E-state index contributed by atoms with van der Waals surface area (Å²) in [5, 5.41) is 11.8. The highest BCUT2D eigenvalue weighted by atomic mass is 19.1. The highest BCUT2D eigenvalue weighted by molar-refractivity contribution is 5.76. The van der Waals surface area contributed by atoms with Gasteiger partial charge in [0, 0.05) is 27.0 Å². The van der Waals surface area contributed by atoms with Crippen molar-refractivity contribution >= 4 is 6.21 Å². The van der Waals surface area contributed by atoms with Crippen molar-refractivity contribution in [3.63, 3.8) is 0 Å². The average molecular weight is 243 g/mol. The summed E-state index contributed by atoms with van der Waals surface area (Å²) >= 11 is 0. The molecule has 0 saturated heterocycles. The summed E-state index contributed by atoms with van der Waals surface area (Å²) in [6.45, 7) is 3.54. The van der Waals surface area contributed by atoms with E-state index in [0.717, 1.165) is 18.3 Å². The van der Waals surface area contributed by atoms with E-state index in [2.05, 4.69) is 0 Å². The zero-order chi connectivity index (χ0) is 13.1. The lowest BCUT2D eigenvalue weighted by Gasteiger charge is -2.22. The van der Waals surface area contributed by atoms with Crippen molar-refractivity contribution in [2.24, 2.45) is 0 Å². The molecule has 0 bridgehead atoms. The van der Waals surface area contributed by atoms with E-state index < -0.39 is 17.2 Å². The van der Waals surface area contributed by atoms with Crippen LogP contribution in [-0.4, -0.2) is 30.2 Å². The van der Waals surface area contributed by atoms with E-state index in [1.807, 2.05) is 0 Å². The van der Waals surface area contributed by atoms with Crippen LogP contribution in [0.4, 0.5) is 8.78 Å². The maximum absolute atomic E-state index is 13.3. The zero-order valence-corrected chi connectivity index (χ0v) is 10.0. The molecule has 5 heteroatoms. The van der Waals surface area contributed by atoms with Crippen molar-refractivity contribution in [3.8, 4) is 0 Å². The Labute approximate surface area is 98.9 Å². The van der Waals surface area contributed by atoms with Crippen LogP contribution in [0.5, 0.6) is 0 Å². The minimum atomic E-state index is -0.810. The second-order valence-corrected chi connectivity index (χ2v) is 4.37. The second kappa shape index (κ2) is 5.23. The van der Waals surface area contributed by atoms with Gasteiger partial charge in [0.2, 0.25) is 0 Å². The third kappa shape index (κ3) is 3.49. The number of methoxy groups -OCH3 is 1. The van der Waals surface area contributed by atoms with Crippen molar-refractivity contribution in [2.45, 2.75) is 19.4 Å². The first-order chi connectivity index (χ1) is 7.86. The van der Waals surface area contributed by atoms with Crippen molar-refractivity contribution < 1.29 is 18.3 Å². The number of hydrogen-bond acceptors (Lipinski definition) is 2. The molecule has 0 heterocycles. The van der Waals surface area contributed by atoms with Gasteiger partial charge in [-0.15, -0.1) is 0 Å². The maximum atomic E-state index is 13.3. The number of nitrogens with zero attached hydrogens (tertiary/aromatic N) is 1. The SMILES string of the molecule is COCC(C)(C)[N+]([O-])=Cc1ccc(F)cc1F. The molecular weight excluding hydrogens is 228 g/mol. The van der Waals surface area contributed by atoms with E-state index >= 15 is 0 Å². The van der Waals surface area contributed by atoms with Crippen molar-refractivity contribution in [2.75, 3.05) is 13.7 Å². The van der Waals surface area contributed by atoms with Crippen molar-refractivity contribution in [1.29, 1.82) is 0 Å². The van der Waals surface area contributed by atoms with Gasteiger partial charge in [-0.1, -0.05) is 0 Å². The summed E-state index contributed by atoms with van der Waals surface area (Å²) in [4.78, 5) is 0. The van der Waals surface area contributed by atoms with Crippen LogP contribution in [0.2, 0.25) is 0 Å². The van der Waals surface area contributed by atoms with Crippen molar-refractivity contribution in [3.05, 3.63) is 40.6 Å². The first-order valence-electron chi connectivity index (χ1n) is 5.12. The van der Waals surface area contributed by atoms with Gasteiger partial charge in [-0.3, -0.25) is 0 Å². The minimum Gasteiger partial charge on any atom is -0.623 e. The number of halogens is 2. The number of rotatable bonds is 4. The number of hydroxylamine groups is 1. The Hall–Kier alpha value is -1.49. The standard InChI is InChI=1S/C12H15F2NO2/c1-12(2,8-17-3)15(16)7-9-4-5-10(13)6-11(9)14/h4-7H,8H2,1-3H3. The van der Waals surface area contributed by atoms with Gasteiger partial charge in [-0.05, 0) is 12.1 Å². The van der Waals surface area contributed by atoms with Crippen LogP contribution < -0.4 is 0 Å². The molecule has 0 unspecified atom stereocenters. The molecule has 0 radical (unpaired) electrons. The zero-order valence-electron chi connectivity index (χ0n) is 10.0. The predicted molar refractivity (Wildman–Crippen MR) is 61.1 cm³/mol. The lowest BCUT2D eigenvalue weighted by molar-refractivity contribution is -0.540. The largest absolute Gasteiger partial charge is 0.623 e. The van der Waals surface area contributed by atoms with Crippen LogP contribution in [0.1, 0.15) is 19.4 Å². The molecule has 0 saturated carbocycles. The van der Waals surface area contributed by atoms with Gasteiger partial charge in [-0.25, -0.2) is 13.5 Å². The normalized spacial score (nSPS) is 12.9. The lowest BCUT2D eigenvalue weighted by Crippen LogP contribution is -2.38. The summed E-state index contributed by atoms with van der Waals surface area (Å²) in [6.07, 6.45) is 1.09. The fourth-order valence-electron chi connectivity index (χ4n) is 1.32.